The van der Waals surface area contributed by atoms with Crippen molar-refractivity contribution in [3.05, 3.63) is 34.4 Å². The van der Waals surface area contributed by atoms with Crippen LogP contribution >= 0.6 is 0 Å². The molecule has 2 rings (SSSR count). The molecule has 1 aromatic rings. The topological polar surface area (TPSA) is 23.8 Å². The Morgan fingerprint density at radius 3 is 1.95 bits per heavy atom. The summed E-state index contributed by atoms with van der Waals surface area (Å²) < 4.78 is 0. The first-order valence-corrected chi connectivity index (χ1v) is 8.04. The molecule has 20 heavy (non-hydrogen) atoms. The smallest absolute Gasteiger partial charge is 0.0693 e. The van der Waals surface area contributed by atoms with E-state index in [0.29, 0.717) is 0 Å². The molecule has 108 valence electrons. The van der Waals surface area contributed by atoms with Crippen LogP contribution in [0.25, 0.3) is 0 Å². The lowest BCUT2D eigenvalue weighted by molar-refractivity contribution is 0.286. The first-order valence-electron chi connectivity index (χ1n) is 8.04. The molecule has 0 aromatic heterocycles. The first-order chi connectivity index (χ1) is 9.56. The maximum Gasteiger partial charge on any atom is 0.0693 e. The fraction of sp³-hybridized carbons (Fsp3) is 0.632. The standard InChI is InChI=1S/C19H27N/c1-15-11-16(2)18(17(3)12-15)13-19(14-20)9-7-5-4-6-8-10-19/h11-12H,4-10,13H2,1-3H3. The molecule has 0 amide bonds. The van der Waals surface area contributed by atoms with Crippen molar-refractivity contribution in [1.29, 1.82) is 5.26 Å². The number of hydrogen-bond acceptors (Lipinski definition) is 1. The number of benzene rings is 1. The van der Waals surface area contributed by atoms with Gasteiger partial charge in [-0.25, -0.2) is 0 Å². The molecular weight excluding hydrogens is 242 g/mol. The molecule has 0 saturated heterocycles. The Labute approximate surface area is 124 Å². The Kier molecular flexibility index (Phi) is 4.86. The second-order valence-electron chi connectivity index (χ2n) is 6.71. The molecule has 0 radical (unpaired) electrons. The minimum atomic E-state index is -0.120. The Balaban J connectivity index is 2.27. The Morgan fingerprint density at radius 1 is 0.950 bits per heavy atom. The second kappa shape index (κ2) is 6.44. The Morgan fingerprint density at radius 2 is 1.45 bits per heavy atom. The van der Waals surface area contributed by atoms with Crippen LogP contribution in [-0.4, -0.2) is 0 Å². The molecule has 1 fully saturated rings. The molecule has 0 bridgehead atoms. The van der Waals surface area contributed by atoms with Crippen molar-refractivity contribution in [2.45, 2.75) is 72.1 Å². The highest BCUT2D eigenvalue weighted by atomic mass is 14.4. The summed E-state index contributed by atoms with van der Waals surface area (Å²) in [7, 11) is 0. The van der Waals surface area contributed by atoms with Crippen LogP contribution in [0.5, 0.6) is 0 Å². The minimum Gasteiger partial charge on any atom is -0.198 e. The molecular formula is C19H27N. The van der Waals surface area contributed by atoms with Crippen molar-refractivity contribution < 1.29 is 0 Å². The van der Waals surface area contributed by atoms with Crippen LogP contribution in [0.3, 0.4) is 0 Å². The van der Waals surface area contributed by atoms with E-state index in [1.54, 1.807) is 0 Å². The van der Waals surface area contributed by atoms with E-state index < -0.39 is 0 Å². The van der Waals surface area contributed by atoms with Crippen LogP contribution in [0.1, 0.15) is 67.2 Å². The van der Waals surface area contributed by atoms with Crippen molar-refractivity contribution in [2.75, 3.05) is 0 Å². The molecule has 0 unspecified atom stereocenters. The third kappa shape index (κ3) is 3.42. The van der Waals surface area contributed by atoms with Crippen LogP contribution in [0.4, 0.5) is 0 Å². The summed E-state index contributed by atoms with van der Waals surface area (Å²) in [4.78, 5) is 0. The molecule has 1 saturated carbocycles. The van der Waals surface area contributed by atoms with Crippen molar-refractivity contribution in [1.82, 2.24) is 0 Å². The van der Waals surface area contributed by atoms with E-state index in [0.717, 1.165) is 19.3 Å². The molecule has 1 aliphatic carbocycles. The molecule has 1 aliphatic rings. The van der Waals surface area contributed by atoms with Gasteiger partial charge in [0.1, 0.15) is 0 Å². The van der Waals surface area contributed by atoms with Crippen LogP contribution < -0.4 is 0 Å². The van der Waals surface area contributed by atoms with Gasteiger partial charge in [-0.3, -0.25) is 0 Å². The molecule has 0 atom stereocenters. The van der Waals surface area contributed by atoms with E-state index in [9.17, 15) is 5.26 Å². The van der Waals surface area contributed by atoms with Gasteiger partial charge in [-0.2, -0.15) is 5.26 Å². The predicted octanol–water partition coefficient (Wildman–Crippen LogP) is 5.41. The third-order valence-corrected chi connectivity index (χ3v) is 4.90. The second-order valence-corrected chi connectivity index (χ2v) is 6.71. The minimum absolute atomic E-state index is 0.120. The average molecular weight is 269 g/mol. The lowest BCUT2D eigenvalue weighted by Gasteiger charge is -2.30. The first kappa shape index (κ1) is 15.1. The van der Waals surface area contributed by atoms with E-state index in [1.165, 1.54) is 54.4 Å². The lowest BCUT2D eigenvalue weighted by Crippen LogP contribution is -2.24. The van der Waals surface area contributed by atoms with Crippen molar-refractivity contribution in [3.63, 3.8) is 0 Å². The molecule has 0 aliphatic heterocycles. The van der Waals surface area contributed by atoms with Gasteiger partial charge in [-0.1, -0.05) is 49.8 Å². The highest BCUT2D eigenvalue weighted by Gasteiger charge is 2.31. The van der Waals surface area contributed by atoms with Crippen LogP contribution in [0, 0.1) is 37.5 Å². The lowest BCUT2D eigenvalue weighted by atomic mass is 9.72. The van der Waals surface area contributed by atoms with Gasteiger partial charge in [0.05, 0.1) is 11.5 Å². The fourth-order valence-electron chi connectivity index (χ4n) is 3.74. The molecule has 0 N–H and O–H groups in total. The summed E-state index contributed by atoms with van der Waals surface area (Å²) in [5.74, 6) is 0. The largest absolute Gasteiger partial charge is 0.198 e. The van der Waals surface area contributed by atoms with E-state index in [1.807, 2.05) is 0 Å². The van der Waals surface area contributed by atoms with Gasteiger partial charge in [0.15, 0.2) is 0 Å². The number of rotatable bonds is 2. The highest BCUT2D eigenvalue weighted by molar-refractivity contribution is 5.38. The maximum atomic E-state index is 9.81. The van der Waals surface area contributed by atoms with Crippen LogP contribution in [-0.2, 0) is 6.42 Å². The van der Waals surface area contributed by atoms with E-state index in [4.69, 9.17) is 0 Å². The molecule has 1 aromatic carbocycles. The predicted molar refractivity (Wildman–Crippen MR) is 84.7 cm³/mol. The third-order valence-electron chi connectivity index (χ3n) is 4.90. The molecule has 0 spiro atoms. The van der Waals surface area contributed by atoms with E-state index in [2.05, 4.69) is 39.0 Å². The van der Waals surface area contributed by atoms with Crippen LogP contribution in [0.15, 0.2) is 12.1 Å². The summed E-state index contributed by atoms with van der Waals surface area (Å²) in [6.07, 6.45) is 9.50. The summed E-state index contributed by atoms with van der Waals surface area (Å²) in [5, 5.41) is 9.81. The van der Waals surface area contributed by atoms with Gasteiger partial charge in [0.25, 0.3) is 0 Å². The zero-order valence-electron chi connectivity index (χ0n) is 13.3. The van der Waals surface area contributed by atoms with Crippen LogP contribution in [0.2, 0.25) is 0 Å². The summed E-state index contributed by atoms with van der Waals surface area (Å²) in [5.41, 5.74) is 5.34. The zero-order chi connectivity index (χ0) is 14.6. The quantitative estimate of drug-likeness (QED) is 0.704. The normalized spacial score (nSPS) is 18.9. The number of nitrogens with zero attached hydrogens (tertiary/aromatic N) is 1. The van der Waals surface area contributed by atoms with Gasteiger partial charge in [0.2, 0.25) is 0 Å². The fourth-order valence-corrected chi connectivity index (χ4v) is 3.74. The van der Waals surface area contributed by atoms with E-state index >= 15 is 0 Å². The van der Waals surface area contributed by atoms with Gasteiger partial charge in [-0.15, -0.1) is 0 Å². The number of nitriles is 1. The average Bonchev–Trinajstić information content (AvgIpc) is 2.36. The van der Waals surface area contributed by atoms with Crippen molar-refractivity contribution >= 4 is 0 Å². The van der Waals surface area contributed by atoms with Crippen molar-refractivity contribution in [3.8, 4) is 6.07 Å². The highest BCUT2D eigenvalue weighted by Crippen LogP contribution is 2.38. The summed E-state index contributed by atoms with van der Waals surface area (Å²) in [6.45, 7) is 6.55. The Bertz CT molecular complexity index is 476. The number of aryl methyl sites for hydroxylation is 3. The summed E-state index contributed by atoms with van der Waals surface area (Å²) in [6, 6.07) is 7.22. The molecule has 1 heteroatoms. The van der Waals surface area contributed by atoms with Gasteiger partial charge >= 0.3 is 0 Å². The van der Waals surface area contributed by atoms with Gasteiger partial charge < -0.3 is 0 Å². The van der Waals surface area contributed by atoms with E-state index in [-0.39, 0.29) is 5.41 Å². The maximum absolute atomic E-state index is 9.81. The van der Waals surface area contributed by atoms with Crippen molar-refractivity contribution in [2.24, 2.45) is 5.41 Å². The SMILES string of the molecule is Cc1cc(C)c(CC2(C#N)CCCCCCC2)c(C)c1. The monoisotopic (exact) mass is 269 g/mol. The molecule has 1 nitrogen and oxygen atoms in total. The zero-order valence-corrected chi connectivity index (χ0v) is 13.3. The summed E-state index contributed by atoms with van der Waals surface area (Å²) >= 11 is 0. The number of hydrogen-bond donors (Lipinski definition) is 0. The Hall–Kier alpha value is -1.29. The van der Waals surface area contributed by atoms with Gasteiger partial charge in [-0.05, 0) is 56.7 Å². The molecule has 0 heterocycles. The van der Waals surface area contributed by atoms with Gasteiger partial charge in [0, 0.05) is 0 Å².